The average Bonchev–Trinajstić information content (AvgIpc) is 3.02. The standard InChI is InChI=1S/C17H15BrFN5O/c1-10-20-16(24-23-10)15(11-5-3-2-4-6-11)22-17(25)21-14-8-7-12(19)9-13(14)18/h2-9,15H,1H3,(H,20,23,24)(H2,21,22,25). The molecule has 1 atom stereocenters. The molecule has 6 nitrogen and oxygen atoms in total. The normalized spacial score (nSPS) is 11.8. The van der Waals surface area contributed by atoms with Crippen LogP contribution < -0.4 is 10.6 Å². The van der Waals surface area contributed by atoms with Crippen LogP contribution in [0.3, 0.4) is 0 Å². The highest BCUT2D eigenvalue weighted by Crippen LogP contribution is 2.24. The summed E-state index contributed by atoms with van der Waals surface area (Å²) in [6, 6.07) is 12.4. The molecule has 1 heterocycles. The van der Waals surface area contributed by atoms with Crippen molar-refractivity contribution in [2.45, 2.75) is 13.0 Å². The van der Waals surface area contributed by atoms with Crippen LogP contribution >= 0.6 is 15.9 Å². The third kappa shape index (κ3) is 4.21. The predicted molar refractivity (Wildman–Crippen MR) is 95.7 cm³/mol. The van der Waals surface area contributed by atoms with Crippen LogP contribution in [0.2, 0.25) is 0 Å². The third-order valence-corrected chi connectivity index (χ3v) is 4.12. The second-order valence-electron chi connectivity index (χ2n) is 5.35. The number of benzene rings is 2. The van der Waals surface area contributed by atoms with Crippen molar-refractivity contribution in [2.24, 2.45) is 0 Å². The number of urea groups is 1. The highest BCUT2D eigenvalue weighted by molar-refractivity contribution is 9.10. The lowest BCUT2D eigenvalue weighted by Crippen LogP contribution is -2.34. The monoisotopic (exact) mass is 403 g/mol. The summed E-state index contributed by atoms with van der Waals surface area (Å²) in [6.07, 6.45) is 0. The van der Waals surface area contributed by atoms with Gasteiger partial charge in [-0.15, -0.1) is 0 Å². The number of aryl methyl sites for hydroxylation is 1. The Morgan fingerprint density at radius 3 is 2.64 bits per heavy atom. The van der Waals surface area contributed by atoms with Crippen molar-refractivity contribution in [3.05, 3.63) is 76.0 Å². The molecule has 0 aliphatic carbocycles. The minimum Gasteiger partial charge on any atom is -0.324 e. The second-order valence-corrected chi connectivity index (χ2v) is 6.20. The Morgan fingerprint density at radius 1 is 1.24 bits per heavy atom. The van der Waals surface area contributed by atoms with Crippen LogP contribution in [0.15, 0.2) is 53.0 Å². The number of anilines is 1. The molecule has 3 N–H and O–H groups in total. The van der Waals surface area contributed by atoms with E-state index in [9.17, 15) is 9.18 Å². The maximum Gasteiger partial charge on any atom is 0.320 e. The molecule has 1 unspecified atom stereocenters. The molecule has 0 saturated carbocycles. The van der Waals surface area contributed by atoms with Crippen LogP contribution in [0.1, 0.15) is 23.3 Å². The van der Waals surface area contributed by atoms with E-state index in [1.807, 2.05) is 30.3 Å². The molecule has 0 saturated heterocycles. The summed E-state index contributed by atoms with van der Waals surface area (Å²) < 4.78 is 13.6. The predicted octanol–water partition coefficient (Wildman–Crippen LogP) is 3.93. The van der Waals surface area contributed by atoms with E-state index in [1.165, 1.54) is 18.2 Å². The molecule has 2 amide bonds. The number of carbonyl (C=O) groups excluding carboxylic acids is 1. The Labute approximate surface area is 152 Å². The number of carbonyl (C=O) groups is 1. The second kappa shape index (κ2) is 7.43. The molecule has 3 aromatic rings. The number of halogens is 2. The topological polar surface area (TPSA) is 82.7 Å². The van der Waals surface area contributed by atoms with E-state index in [0.29, 0.717) is 21.8 Å². The fourth-order valence-electron chi connectivity index (χ4n) is 2.31. The van der Waals surface area contributed by atoms with Crippen molar-refractivity contribution in [3.63, 3.8) is 0 Å². The van der Waals surface area contributed by atoms with Gasteiger partial charge in [-0.25, -0.2) is 14.2 Å². The first-order chi connectivity index (χ1) is 12.0. The lowest BCUT2D eigenvalue weighted by Gasteiger charge is -2.17. The van der Waals surface area contributed by atoms with Crippen LogP contribution in [0, 0.1) is 12.7 Å². The van der Waals surface area contributed by atoms with E-state index in [4.69, 9.17) is 0 Å². The van der Waals surface area contributed by atoms with E-state index >= 15 is 0 Å². The van der Waals surface area contributed by atoms with Gasteiger partial charge < -0.3 is 10.6 Å². The molecule has 0 fully saturated rings. The summed E-state index contributed by atoms with van der Waals surface area (Å²) >= 11 is 3.22. The highest BCUT2D eigenvalue weighted by Gasteiger charge is 2.21. The molecule has 0 aliphatic heterocycles. The molecule has 25 heavy (non-hydrogen) atoms. The summed E-state index contributed by atoms with van der Waals surface area (Å²) in [4.78, 5) is 16.7. The first-order valence-corrected chi connectivity index (χ1v) is 8.28. The number of rotatable bonds is 4. The van der Waals surface area contributed by atoms with E-state index < -0.39 is 17.9 Å². The van der Waals surface area contributed by atoms with E-state index in [-0.39, 0.29) is 0 Å². The van der Waals surface area contributed by atoms with E-state index in [0.717, 1.165) is 5.56 Å². The minimum absolute atomic E-state index is 0.392. The Morgan fingerprint density at radius 2 is 2.00 bits per heavy atom. The van der Waals surface area contributed by atoms with Gasteiger partial charge in [0.15, 0.2) is 5.82 Å². The lowest BCUT2D eigenvalue weighted by atomic mass is 10.1. The van der Waals surface area contributed by atoms with E-state index in [2.05, 4.69) is 41.7 Å². The summed E-state index contributed by atoms with van der Waals surface area (Å²) in [5.74, 6) is 0.715. The average molecular weight is 404 g/mol. The van der Waals surface area contributed by atoms with Gasteiger partial charge in [0.25, 0.3) is 0 Å². The number of aromatic amines is 1. The van der Waals surface area contributed by atoms with Crippen LogP contribution in [0.5, 0.6) is 0 Å². The van der Waals surface area contributed by atoms with Crippen molar-refractivity contribution in [1.82, 2.24) is 20.5 Å². The smallest absolute Gasteiger partial charge is 0.320 e. The molecule has 0 spiro atoms. The maximum absolute atomic E-state index is 13.2. The molecule has 0 aliphatic rings. The molecule has 8 heteroatoms. The first kappa shape index (κ1) is 17.1. The fourth-order valence-corrected chi connectivity index (χ4v) is 2.76. The van der Waals surface area contributed by atoms with Crippen LogP contribution in [-0.2, 0) is 0 Å². The van der Waals surface area contributed by atoms with Crippen molar-refractivity contribution >= 4 is 27.6 Å². The van der Waals surface area contributed by atoms with Crippen molar-refractivity contribution in [1.29, 1.82) is 0 Å². The van der Waals surface area contributed by atoms with Crippen molar-refractivity contribution in [2.75, 3.05) is 5.32 Å². The highest BCUT2D eigenvalue weighted by atomic mass is 79.9. The molecular weight excluding hydrogens is 389 g/mol. The number of H-pyrrole nitrogens is 1. The van der Waals surface area contributed by atoms with Crippen molar-refractivity contribution < 1.29 is 9.18 Å². The van der Waals surface area contributed by atoms with Crippen LogP contribution in [0.4, 0.5) is 14.9 Å². The summed E-state index contributed by atoms with van der Waals surface area (Å²) in [5, 5.41) is 12.4. The van der Waals surface area contributed by atoms with Gasteiger partial charge in [-0.05, 0) is 46.6 Å². The lowest BCUT2D eigenvalue weighted by molar-refractivity contribution is 0.249. The van der Waals surface area contributed by atoms with Gasteiger partial charge in [0, 0.05) is 4.47 Å². The SMILES string of the molecule is Cc1nc(C(NC(=O)Nc2ccc(F)cc2Br)c2ccccc2)n[nH]1. The molecule has 1 aromatic heterocycles. The number of nitrogens with zero attached hydrogens (tertiary/aromatic N) is 2. The number of aromatic nitrogens is 3. The van der Waals surface area contributed by atoms with Gasteiger partial charge >= 0.3 is 6.03 Å². The van der Waals surface area contributed by atoms with Crippen LogP contribution in [-0.4, -0.2) is 21.2 Å². The Bertz CT molecular complexity index is 884. The quantitative estimate of drug-likeness (QED) is 0.617. The fraction of sp³-hybridized carbons (Fsp3) is 0.118. The minimum atomic E-state index is -0.523. The third-order valence-electron chi connectivity index (χ3n) is 3.46. The zero-order chi connectivity index (χ0) is 17.8. The van der Waals surface area contributed by atoms with Crippen LogP contribution in [0.25, 0.3) is 0 Å². The molecular formula is C17H15BrFN5O. The molecule has 128 valence electrons. The Balaban J connectivity index is 1.81. The summed E-state index contributed by atoms with van der Waals surface area (Å²) in [7, 11) is 0. The molecule has 3 rings (SSSR count). The van der Waals surface area contributed by atoms with Gasteiger partial charge in [0.1, 0.15) is 17.7 Å². The zero-order valence-electron chi connectivity index (χ0n) is 13.3. The largest absolute Gasteiger partial charge is 0.324 e. The van der Waals surface area contributed by atoms with Crippen molar-refractivity contribution in [3.8, 4) is 0 Å². The summed E-state index contributed by atoms with van der Waals surface area (Å²) in [6.45, 7) is 1.79. The number of hydrogen-bond donors (Lipinski definition) is 3. The zero-order valence-corrected chi connectivity index (χ0v) is 14.8. The number of hydrogen-bond acceptors (Lipinski definition) is 3. The first-order valence-electron chi connectivity index (χ1n) is 7.49. The molecule has 0 bridgehead atoms. The molecule has 0 radical (unpaired) electrons. The molecule has 2 aromatic carbocycles. The van der Waals surface area contributed by atoms with Gasteiger partial charge in [-0.1, -0.05) is 30.3 Å². The van der Waals surface area contributed by atoms with E-state index in [1.54, 1.807) is 6.92 Å². The maximum atomic E-state index is 13.2. The Hall–Kier alpha value is -2.74. The number of amides is 2. The van der Waals surface area contributed by atoms with Gasteiger partial charge in [0.05, 0.1) is 5.69 Å². The van der Waals surface area contributed by atoms with Gasteiger partial charge in [-0.2, -0.15) is 5.10 Å². The number of nitrogens with one attached hydrogen (secondary N) is 3. The Kier molecular flexibility index (Phi) is 5.08. The summed E-state index contributed by atoms with van der Waals surface area (Å²) in [5.41, 5.74) is 1.30. The van der Waals surface area contributed by atoms with Gasteiger partial charge in [-0.3, -0.25) is 5.10 Å². The van der Waals surface area contributed by atoms with Gasteiger partial charge in [0.2, 0.25) is 0 Å².